The zero-order valence-corrected chi connectivity index (χ0v) is 19.7. The van der Waals surface area contributed by atoms with Crippen LogP contribution >= 0.6 is 0 Å². The first-order chi connectivity index (χ1) is 15.9. The summed E-state index contributed by atoms with van der Waals surface area (Å²) < 4.78 is 7.11. The van der Waals surface area contributed by atoms with Crippen molar-refractivity contribution in [3.05, 3.63) is 54.0 Å². The molecular formula is C24H31N7O2. The lowest BCUT2D eigenvalue weighted by atomic mass is 10.0. The van der Waals surface area contributed by atoms with Gasteiger partial charge in [0.1, 0.15) is 0 Å². The SMILES string of the molecule is Cc1cc(-c2ccnc(Nc3cnn(C)c3)n2)ccc1CN(C(=O)N1CCOCC1)C(C)C. The van der Waals surface area contributed by atoms with E-state index in [1.807, 2.05) is 29.1 Å². The average molecular weight is 450 g/mol. The summed E-state index contributed by atoms with van der Waals surface area (Å²) in [6.45, 7) is 9.24. The Kier molecular flexibility index (Phi) is 6.88. The zero-order chi connectivity index (χ0) is 23.4. The van der Waals surface area contributed by atoms with Crippen molar-refractivity contribution >= 4 is 17.7 Å². The van der Waals surface area contributed by atoms with E-state index in [9.17, 15) is 4.79 Å². The van der Waals surface area contributed by atoms with Crippen LogP contribution in [0.15, 0.2) is 42.9 Å². The third kappa shape index (κ3) is 5.48. The van der Waals surface area contributed by atoms with E-state index in [0.29, 0.717) is 38.8 Å². The number of urea groups is 1. The fourth-order valence-electron chi connectivity index (χ4n) is 3.82. The Morgan fingerprint density at radius 3 is 2.70 bits per heavy atom. The number of anilines is 2. The van der Waals surface area contributed by atoms with Crippen molar-refractivity contribution in [1.29, 1.82) is 0 Å². The van der Waals surface area contributed by atoms with Gasteiger partial charge in [0.25, 0.3) is 0 Å². The fourth-order valence-corrected chi connectivity index (χ4v) is 3.82. The minimum atomic E-state index is 0.0682. The Labute approximate surface area is 194 Å². The molecule has 174 valence electrons. The molecule has 9 heteroatoms. The summed E-state index contributed by atoms with van der Waals surface area (Å²) in [5.74, 6) is 0.518. The molecule has 0 spiro atoms. The van der Waals surface area contributed by atoms with Crippen molar-refractivity contribution in [3.8, 4) is 11.3 Å². The van der Waals surface area contributed by atoms with Gasteiger partial charge in [0.05, 0.1) is 30.8 Å². The molecule has 1 saturated heterocycles. The maximum absolute atomic E-state index is 13.1. The Balaban J connectivity index is 1.50. The van der Waals surface area contributed by atoms with E-state index < -0.39 is 0 Å². The molecule has 2 amide bonds. The van der Waals surface area contributed by atoms with Crippen molar-refractivity contribution in [2.45, 2.75) is 33.4 Å². The quantitative estimate of drug-likeness (QED) is 0.619. The van der Waals surface area contributed by atoms with Crippen molar-refractivity contribution < 1.29 is 9.53 Å². The normalized spacial score (nSPS) is 13.9. The summed E-state index contributed by atoms with van der Waals surface area (Å²) in [5, 5.41) is 7.33. The van der Waals surface area contributed by atoms with Gasteiger partial charge in [-0.05, 0) is 44.0 Å². The molecule has 3 aromatic rings. The molecule has 1 aliphatic rings. The number of morpholine rings is 1. The third-order valence-corrected chi connectivity index (χ3v) is 5.75. The summed E-state index contributed by atoms with van der Waals surface area (Å²) in [5.41, 5.74) is 4.91. The van der Waals surface area contributed by atoms with Gasteiger partial charge in [-0.3, -0.25) is 4.68 Å². The second-order valence-electron chi connectivity index (χ2n) is 8.54. The van der Waals surface area contributed by atoms with Gasteiger partial charge in [-0.25, -0.2) is 14.8 Å². The van der Waals surface area contributed by atoms with E-state index >= 15 is 0 Å². The number of carbonyl (C=O) groups excluding carboxylic acids is 1. The van der Waals surface area contributed by atoms with Gasteiger partial charge in [0, 0.05) is 50.7 Å². The highest BCUT2D eigenvalue weighted by molar-refractivity contribution is 5.75. The number of hydrogen-bond acceptors (Lipinski definition) is 6. The van der Waals surface area contributed by atoms with Crippen molar-refractivity contribution in [2.24, 2.45) is 7.05 Å². The second-order valence-corrected chi connectivity index (χ2v) is 8.54. The molecule has 2 aromatic heterocycles. The Morgan fingerprint density at radius 1 is 1.24 bits per heavy atom. The molecule has 4 rings (SSSR count). The standard InChI is InChI=1S/C24H31N7O2/c1-17(2)31(24(32)30-9-11-33-12-10-30)15-20-6-5-19(13-18(20)3)22-7-8-25-23(28-22)27-21-14-26-29(4)16-21/h5-8,13-14,16-17H,9-12,15H2,1-4H3,(H,25,27,28). The Bertz CT molecular complexity index is 1110. The number of aryl methyl sites for hydroxylation is 2. The van der Waals surface area contributed by atoms with E-state index in [1.165, 1.54) is 0 Å². The molecule has 1 aromatic carbocycles. The van der Waals surface area contributed by atoms with Crippen LogP contribution in [0.1, 0.15) is 25.0 Å². The first-order valence-electron chi connectivity index (χ1n) is 11.2. The lowest BCUT2D eigenvalue weighted by Gasteiger charge is -2.35. The molecule has 9 nitrogen and oxygen atoms in total. The highest BCUT2D eigenvalue weighted by Gasteiger charge is 2.25. The highest BCUT2D eigenvalue weighted by atomic mass is 16.5. The molecular weight excluding hydrogens is 418 g/mol. The van der Waals surface area contributed by atoms with Crippen LogP contribution in [-0.2, 0) is 18.3 Å². The van der Waals surface area contributed by atoms with Crippen molar-refractivity contribution in [1.82, 2.24) is 29.5 Å². The molecule has 0 bridgehead atoms. The maximum atomic E-state index is 13.1. The van der Waals surface area contributed by atoms with E-state index in [0.717, 1.165) is 28.1 Å². The van der Waals surface area contributed by atoms with Crippen molar-refractivity contribution in [3.63, 3.8) is 0 Å². The molecule has 1 fully saturated rings. The molecule has 0 atom stereocenters. The molecule has 0 radical (unpaired) electrons. The van der Waals surface area contributed by atoms with E-state index in [1.54, 1.807) is 17.1 Å². The molecule has 33 heavy (non-hydrogen) atoms. The number of rotatable bonds is 6. The number of amides is 2. The molecule has 0 aliphatic carbocycles. The number of hydrogen-bond donors (Lipinski definition) is 1. The summed E-state index contributed by atoms with van der Waals surface area (Å²) in [6, 6.07) is 8.31. The van der Waals surface area contributed by atoms with E-state index in [-0.39, 0.29) is 12.1 Å². The molecule has 1 N–H and O–H groups in total. The number of carbonyl (C=O) groups is 1. The summed E-state index contributed by atoms with van der Waals surface area (Å²) in [7, 11) is 1.86. The first kappa shape index (κ1) is 22.7. The third-order valence-electron chi connectivity index (χ3n) is 5.75. The van der Waals surface area contributed by atoms with Gasteiger partial charge in [0.15, 0.2) is 0 Å². The number of nitrogens with one attached hydrogen (secondary N) is 1. The molecule has 3 heterocycles. The summed E-state index contributed by atoms with van der Waals surface area (Å²) >= 11 is 0. The molecule has 0 saturated carbocycles. The molecule has 0 unspecified atom stereocenters. The highest BCUT2D eigenvalue weighted by Crippen LogP contribution is 2.24. The first-order valence-corrected chi connectivity index (χ1v) is 11.2. The van der Waals surface area contributed by atoms with Crippen LogP contribution in [-0.4, -0.2) is 67.9 Å². The minimum Gasteiger partial charge on any atom is -0.378 e. The largest absolute Gasteiger partial charge is 0.378 e. The summed E-state index contributed by atoms with van der Waals surface area (Å²) in [6.07, 6.45) is 5.34. The van der Waals surface area contributed by atoms with Gasteiger partial charge < -0.3 is 19.9 Å². The lowest BCUT2D eigenvalue weighted by molar-refractivity contribution is 0.0397. The van der Waals surface area contributed by atoms with Crippen LogP contribution < -0.4 is 5.32 Å². The summed E-state index contributed by atoms with van der Waals surface area (Å²) in [4.78, 5) is 25.9. The maximum Gasteiger partial charge on any atom is 0.320 e. The Hall–Kier alpha value is -3.46. The van der Waals surface area contributed by atoms with Crippen LogP contribution in [0.4, 0.5) is 16.4 Å². The van der Waals surface area contributed by atoms with Crippen LogP contribution in [0.25, 0.3) is 11.3 Å². The van der Waals surface area contributed by atoms with Gasteiger partial charge in [0.2, 0.25) is 5.95 Å². The fraction of sp³-hybridized carbons (Fsp3) is 0.417. The second kappa shape index (κ2) is 9.99. The number of benzene rings is 1. The molecule has 1 aliphatic heterocycles. The minimum absolute atomic E-state index is 0.0682. The lowest BCUT2D eigenvalue weighted by Crippen LogP contribution is -2.50. The van der Waals surface area contributed by atoms with Crippen LogP contribution in [0.5, 0.6) is 0 Å². The number of nitrogens with zero attached hydrogens (tertiary/aromatic N) is 6. The van der Waals surface area contributed by atoms with Gasteiger partial charge in [-0.1, -0.05) is 12.1 Å². The van der Waals surface area contributed by atoms with Gasteiger partial charge in [-0.2, -0.15) is 5.10 Å². The predicted octanol–water partition coefficient (Wildman–Crippen LogP) is 3.59. The van der Waals surface area contributed by atoms with E-state index in [2.05, 4.69) is 59.4 Å². The van der Waals surface area contributed by atoms with Crippen LogP contribution in [0.3, 0.4) is 0 Å². The average Bonchev–Trinajstić information content (AvgIpc) is 3.22. The predicted molar refractivity (Wildman–Crippen MR) is 127 cm³/mol. The number of ether oxygens (including phenoxy) is 1. The van der Waals surface area contributed by atoms with E-state index in [4.69, 9.17) is 4.74 Å². The van der Waals surface area contributed by atoms with Crippen molar-refractivity contribution in [2.75, 3.05) is 31.6 Å². The Morgan fingerprint density at radius 2 is 2.03 bits per heavy atom. The monoisotopic (exact) mass is 449 g/mol. The smallest absolute Gasteiger partial charge is 0.320 e. The van der Waals surface area contributed by atoms with Crippen LogP contribution in [0.2, 0.25) is 0 Å². The zero-order valence-electron chi connectivity index (χ0n) is 19.7. The topological polar surface area (TPSA) is 88.4 Å². The number of aromatic nitrogens is 4. The van der Waals surface area contributed by atoms with Crippen LogP contribution in [0, 0.1) is 6.92 Å². The van der Waals surface area contributed by atoms with Gasteiger partial charge in [-0.15, -0.1) is 0 Å². The van der Waals surface area contributed by atoms with Gasteiger partial charge >= 0.3 is 6.03 Å².